The number of ether oxygens (including phenoxy) is 1. The number of amides is 3. The van der Waals surface area contributed by atoms with Crippen molar-refractivity contribution >= 4 is 17.7 Å². The van der Waals surface area contributed by atoms with E-state index in [4.69, 9.17) is 4.74 Å². The van der Waals surface area contributed by atoms with Crippen molar-refractivity contribution in [3.8, 4) is 5.75 Å². The third-order valence-corrected chi connectivity index (χ3v) is 6.01. The van der Waals surface area contributed by atoms with E-state index in [1.54, 1.807) is 24.1 Å². The molecule has 156 valence electrons. The van der Waals surface area contributed by atoms with Gasteiger partial charge in [0.15, 0.2) is 0 Å². The second kappa shape index (κ2) is 8.18. The summed E-state index contributed by atoms with van der Waals surface area (Å²) in [5.41, 5.74) is 0.781. The molecule has 3 amide bonds. The Labute approximate surface area is 175 Å². The van der Waals surface area contributed by atoms with E-state index < -0.39 is 11.5 Å². The Hall–Kier alpha value is -3.35. The number of hydrogen-bond acceptors (Lipinski definition) is 4. The molecule has 2 aliphatic heterocycles. The lowest BCUT2D eigenvalue weighted by atomic mass is 9.84. The minimum atomic E-state index is -0.698. The van der Waals surface area contributed by atoms with Crippen LogP contribution in [0.4, 0.5) is 0 Å². The molecule has 2 atom stereocenters. The van der Waals surface area contributed by atoms with E-state index in [1.165, 1.54) is 0 Å². The third kappa shape index (κ3) is 3.75. The van der Waals surface area contributed by atoms with Gasteiger partial charge in [-0.1, -0.05) is 36.4 Å². The number of likely N-dealkylation sites (tertiary alicyclic amines) is 1. The monoisotopic (exact) mass is 407 g/mol. The number of nitrogens with one attached hydrogen (secondary N) is 2. The lowest BCUT2D eigenvalue weighted by Gasteiger charge is -2.21. The van der Waals surface area contributed by atoms with Crippen LogP contribution in [0.2, 0.25) is 0 Å². The van der Waals surface area contributed by atoms with E-state index in [-0.39, 0.29) is 17.7 Å². The minimum Gasteiger partial charge on any atom is -0.496 e. The third-order valence-electron chi connectivity index (χ3n) is 6.01. The van der Waals surface area contributed by atoms with Crippen LogP contribution < -0.4 is 15.4 Å². The number of hydrogen-bond donors (Lipinski definition) is 2. The molecule has 7 heteroatoms. The Balaban J connectivity index is 1.38. The average molecular weight is 407 g/mol. The number of methoxy groups -OCH3 is 1. The molecule has 0 bridgehead atoms. The molecule has 2 aromatic rings. The predicted octanol–water partition coefficient (Wildman–Crippen LogP) is 1.73. The zero-order valence-electron chi connectivity index (χ0n) is 16.9. The quantitative estimate of drug-likeness (QED) is 0.790. The first-order valence-corrected chi connectivity index (χ1v) is 10.1. The first-order chi connectivity index (χ1) is 14.5. The van der Waals surface area contributed by atoms with Crippen LogP contribution in [0.25, 0.3) is 0 Å². The molecule has 0 aromatic heterocycles. The molecule has 30 heavy (non-hydrogen) atoms. The summed E-state index contributed by atoms with van der Waals surface area (Å²) in [6.07, 6.45) is 0.954. The smallest absolute Gasteiger partial charge is 0.253 e. The van der Waals surface area contributed by atoms with Crippen LogP contribution in [-0.4, -0.2) is 48.9 Å². The van der Waals surface area contributed by atoms with Crippen LogP contribution >= 0.6 is 0 Å². The first-order valence-electron chi connectivity index (χ1n) is 10.1. The summed E-state index contributed by atoms with van der Waals surface area (Å²) in [5.74, 6) is 0.252. The van der Waals surface area contributed by atoms with Gasteiger partial charge in [0.2, 0.25) is 11.8 Å². The number of benzene rings is 2. The van der Waals surface area contributed by atoms with Crippen molar-refractivity contribution in [2.45, 2.75) is 25.4 Å². The Kier molecular flexibility index (Phi) is 5.44. The molecule has 4 rings (SSSR count). The van der Waals surface area contributed by atoms with Crippen molar-refractivity contribution in [1.29, 1.82) is 0 Å². The minimum absolute atomic E-state index is 0.0793. The van der Waals surface area contributed by atoms with Gasteiger partial charge in [-0.05, 0) is 31.0 Å². The van der Waals surface area contributed by atoms with Gasteiger partial charge in [-0.2, -0.15) is 0 Å². The highest BCUT2D eigenvalue weighted by Gasteiger charge is 2.53. The average Bonchev–Trinajstić information content (AvgIpc) is 3.36. The molecule has 0 saturated carbocycles. The topological polar surface area (TPSA) is 87.7 Å². The van der Waals surface area contributed by atoms with Crippen LogP contribution in [0.1, 0.15) is 28.8 Å². The summed E-state index contributed by atoms with van der Waals surface area (Å²) in [7, 11) is 1.59. The second-order valence-corrected chi connectivity index (χ2v) is 7.88. The highest BCUT2D eigenvalue weighted by molar-refractivity contribution is 5.97. The van der Waals surface area contributed by atoms with Crippen molar-refractivity contribution in [3.05, 3.63) is 65.7 Å². The van der Waals surface area contributed by atoms with E-state index in [2.05, 4.69) is 10.6 Å². The molecular weight excluding hydrogens is 382 g/mol. The number of carbonyl (C=O) groups excluding carboxylic acids is 3. The van der Waals surface area contributed by atoms with Crippen LogP contribution in [-0.2, 0) is 16.1 Å². The van der Waals surface area contributed by atoms with Gasteiger partial charge < -0.3 is 20.3 Å². The van der Waals surface area contributed by atoms with Crippen molar-refractivity contribution in [1.82, 2.24) is 15.5 Å². The fourth-order valence-corrected chi connectivity index (χ4v) is 4.32. The summed E-state index contributed by atoms with van der Waals surface area (Å²) in [6, 6.07) is 15.9. The van der Waals surface area contributed by atoms with Crippen LogP contribution in [0.15, 0.2) is 54.6 Å². The molecular formula is C23H25N3O4. The van der Waals surface area contributed by atoms with Crippen molar-refractivity contribution in [2.24, 2.45) is 5.41 Å². The van der Waals surface area contributed by atoms with Gasteiger partial charge in [-0.25, -0.2) is 0 Å². The number of rotatable bonds is 5. The van der Waals surface area contributed by atoms with Gasteiger partial charge in [0.25, 0.3) is 5.91 Å². The molecule has 0 aliphatic carbocycles. The zero-order valence-corrected chi connectivity index (χ0v) is 16.9. The number of para-hydroxylation sites is 1. The molecule has 0 radical (unpaired) electrons. The van der Waals surface area contributed by atoms with E-state index in [9.17, 15) is 14.4 Å². The number of nitrogens with zero attached hydrogens (tertiary/aromatic N) is 1. The predicted molar refractivity (Wildman–Crippen MR) is 111 cm³/mol. The standard InChI is InChI=1S/C23H25N3O4/c1-30-19-10-6-5-9-17(19)14-24-20(27)18-13-23(22(29)25-18)11-12-26(15-23)21(28)16-7-3-2-4-8-16/h2-10,18H,11-15H2,1H3,(H,24,27)(H,25,29)/t18-,23+/m0/s1. The maximum Gasteiger partial charge on any atom is 0.253 e. The van der Waals surface area contributed by atoms with Crippen LogP contribution in [0, 0.1) is 5.41 Å². The molecule has 2 aromatic carbocycles. The zero-order chi connectivity index (χ0) is 21.1. The molecule has 2 aliphatic rings. The van der Waals surface area contributed by atoms with Gasteiger partial charge in [0.05, 0.1) is 12.5 Å². The van der Waals surface area contributed by atoms with Gasteiger partial charge in [0, 0.05) is 30.8 Å². The molecule has 0 unspecified atom stereocenters. The van der Waals surface area contributed by atoms with Gasteiger partial charge in [-0.15, -0.1) is 0 Å². The van der Waals surface area contributed by atoms with Crippen molar-refractivity contribution in [3.63, 3.8) is 0 Å². The molecule has 2 N–H and O–H groups in total. The summed E-state index contributed by atoms with van der Waals surface area (Å²) >= 11 is 0. The maximum absolute atomic E-state index is 12.7. The lowest BCUT2D eigenvalue weighted by Crippen LogP contribution is -2.41. The first kappa shape index (κ1) is 19.9. The number of carbonyl (C=O) groups is 3. The van der Waals surface area contributed by atoms with Gasteiger partial charge in [-0.3, -0.25) is 14.4 Å². The molecule has 2 fully saturated rings. The van der Waals surface area contributed by atoms with Crippen molar-refractivity contribution < 1.29 is 19.1 Å². The van der Waals surface area contributed by atoms with Crippen LogP contribution in [0.3, 0.4) is 0 Å². The summed E-state index contributed by atoms with van der Waals surface area (Å²) in [5, 5.41) is 5.72. The largest absolute Gasteiger partial charge is 0.496 e. The maximum atomic E-state index is 12.7. The Morgan fingerprint density at radius 2 is 1.90 bits per heavy atom. The van der Waals surface area contributed by atoms with Gasteiger partial charge in [0.1, 0.15) is 11.8 Å². The van der Waals surface area contributed by atoms with Crippen molar-refractivity contribution in [2.75, 3.05) is 20.2 Å². The lowest BCUT2D eigenvalue weighted by molar-refractivity contribution is -0.128. The second-order valence-electron chi connectivity index (χ2n) is 7.88. The summed E-state index contributed by atoms with van der Waals surface area (Å²) in [4.78, 5) is 39.9. The van der Waals surface area contributed by atoms with E-state index in [0.29, 0.717) is 43.8 Å². The molecule has 7 nitrogen and oxygen atoms in total. The fraction of sp³-hybridized carbons (Fsp3) is 0.348. The molecule has 2 heterocycles. The molecule has 2 saturated heterocycles. The van der Waals surface area contributed by atoms with Gasteiger partial charge >= 0.3 is 0 Å². The Morgan fingerprint density at radius 1 is 1.17 bits per heavy atom. The van der Waals surface area contributed by atoms with Crippen LogP contribution in [0.5, 0.6) is 5.75 Å². The Bertz CT molecular complexity index is 962. The fourth-order valence-electron chi connectivity index (χ4n) is 4.32. The summed E-state index contributed by atoms with van der Waals surface area (Å²) < 4.78 is 5.31. The highest BCUT2D eigenvalue weighted by Crippen LogP contribution is 2.40. The SMILES string of the molecule is COc1ccccc1CNC(=O)[C@@H]1C[C@@]2(CCN(C(=O)c3ccccc3)C2)C(=O)N1. The van der Waals surface area contributed by atoms with E-state index >= 15 is 0 Å². The highest BCUT2D eigenvalue weighted by atomic mass is 16.5. The Morgan fingerprint density at radius 3 is 2.67 bits per heavy atom. The van der Waals surface area contributed by atoms with E-state index in [0.717, 1.165) is 5.56 Å². The molecule has 1 spiro atoms. The van der Waals surface area contributed by atoms with E-state index in [1.807, 2.05) is 42.5 Å². The summed E-state index contributed by atoms with van der Waals surface area (Å²) in [6.45, 7) is 1.17. The normalized spacial score (nSPS) is 22.8.